The van der Waals surface area contributed by atoms with Crippen LogP contribution in [0.3, 0.4) is 0 Å². The molecule has 0 aliphatic rings. The quantitative estimate of drug-likeness (QED) is 0.636. The van der Waals surface area contributed by atoms with Crippen molar-refractivity contribution in [2.45, 2.75) is 25.9 Å². The second-order valence-electron chi connectivity index (χ2n) is 6.52. The molecule has 150 valence electrons. The van der Waals surface area contributed by atoms with Crippen LogP contribution in [0, 0.1) is 5.82 Å². The minimum atomic E-state index is -0.310. The zero-order valence-electron chi connectivity index (χ0n) is 16.1. The maximum atomic E-state index is 12.9. The number of aryl methyl sites for hydroxylation is 1. The predicted molar refractivity (Wildman–Crippen MR) is 108 cm³/mol. The molecule has 2 aromatic carbocycles. The third-order valence-electron chi connectivity index (χ3n) is 4.43. The van der Waals surface area contributed by atoms with Crippen LogP contribution in [0.1, 0.15) is 18.4 Å². The molecule has 0 bridgehead atoms. The first-order valence-electron chi connectivity index (χ1n) is 9.29. The average molecular weight is 395 g/mol. The highest BCUT2D eigenvalue weighted by Gasteiger charge is 2.06. The number of ether oxygens (including phenoxy) is 1. The summed E-state index contributed by atoms with van der Waals surface area (Å²) in [4.78, 5) is 24.1. The minimum Gasteiger partial charge on any atom is -0.497 e. The summed E-state index contributed by atoms with van der Waals surface area (Å²) < 4.78 is 19.4. The molecule has 0 unspecified atom stereocenters. The SMILES string of the molecule is COc1ccc(-c2ccc(=O)n(CCCC(=O)NCc3ccc(F)cc3)n2)cc1. The number of carbonyl (C=O) groups is 1. The summed E-state index contributed by atoms with van der Waals surface area (Å²) in [6.45, 7) is 0.678. The van der Waals surface area contributed by atoms with Gasteiger partial charge >= 0.3 is 0 Å². The van der Waals surface area contributed by atoms with Gasteiger partial charge in [-0.25, -0.2) is 9.07 Å². The Kier molecular flexibility index (Phi) is 6.73. The van der Waals surface area contributed by atoms with Gasteiger partial charge in [0.25, 0.3) is 5.56 Å². The molecule has 6 nitrogen and oxygen atoms in total. The van der Waals surface area contributed by atoms with Crippen molar-refractivity contribution in [3.05, 3.63) is 82.4 Å². The number of rotatable bonds is 8. The first-order chi connectivity index (χ1) is 14.0. The van der Waals surface area contributed by atoms with E-state index in [2.05, 4.69) is 10.4 Å². The Bertz CT molecular complexity index is 1010. The van der Waals surface area contributed by atoms with Gasteiger partial charge in [-0.15, -0.1) is 0 Å². The van der Waals surface area contributed by atoms with E-state index in [4.69, 9.17) is 4.74 Å². The van der Waals surface area contributed by atoms with Gasteiger partial charge in [0.1, 0.15) is 11.6 Å². The molecule has 0 spiro atoms. The highest BCUT2D eigenvalue weighted by Crippen LogP contribution is 2.19. The summed E-state index contributed by atoms with van der Waals surface area (Å²) in [5.74, 6) is 0.303. The molecule has 1 aromatic heterocycles. The number of hydrogen-bond acceptors (Lipinski definition) is 4. The van der Waals surface area contributed by atoms with E-state index in [0.717, 1.165) is 16.9 Å². The molecule has 29 heavy (non-hydrogen) atoms. The normalized spacial score (nSPS) is 10.6. The van der Waals surface area contributed by atoms with Crippen molar-refractivity contribution in [2.75, 3.05) is 7.11 Å². The largest absolute Gasteiger partial charge is 0.497 e. The second-order valence-corrected chi connectivity index (χ2v) is 6.52. The summed E-state index contributed by atoms with van der Waals surface area (Å²) in [6, 6.07) is 16.5. The fourth-order valence-corrected chi connectivity index (χ4v) is 2.81. The maximum Gasteiger partial charge on any atom is 0.266 e. The van der Waals surface area contributed by atoms with Gasteiger partial charge in [0, 0.05) is 31.1 Å². The van der Waals surface area contributed by atoms with E-state index in [0.29, 0.717) is 25.2 Å². The van der Waals surface area contributed by atoms with Crippen LogP contribution in [0.4, 0.5) is 4.39 Å². The van der Waals surface area contributed by atoms with E-state index in [9.17, 15) is 14.0 Å². The molecule has 0 radical (unpaired) electrons. The molecule has 0 aliphatic heterocycles. The van der Waals surface area contributed by atoms with Crippen LogP contribution in [0.15, 0.2) is 65.5 Å². The zero-order valence-corrected chi connectivity index (χ0v) is 16.1. The predicted octanol–water partition coefficient (Wildman–Crippen LogP) is 3.15. The van der Waals surface area contributed by atoms with Gasteiger partial charge < -0.3 is 10.1 Å². The molecule has 1 heterocycles. The Balaban J connectivity index is 1.53. The van der Waals surface area contributed by atoms with Gasteiger partial charge in [0.05, 0.1) is 12.8 Å². The molecule has 3 rings (SSSR count). The molecule has 0 saturated carbocycles. The third kappa shape index (κ3) is 5.75. The first kappa shape index (κ1) is 20.3. The van der Waals surface area contributed by atoms with Gasteiger partial charge in [-0.2, -0.15) is 5.10 Å². The van der Waals surface area contributed by atoms with Crippen molar-refractivity contribution in [3.63, 3.8) is 0 Å². The molecule has 0 atom stereocenters. The molecule has 0 aliphatic carbocycles. The van der Waals surface area contributed by atoms with Gasteiger partial charge in [0.2, 0.25) is 5.91 Å². The van der Waals surface area contributed by atoms with Crippen molar-refractivity contribution in [1.29, 1.82) is 0 Å². The Labute approximate surface area is 168 Å². The van der Waals surface area contributed by atoms with Crippen molar-refractivity contribution in [2.24, 2.45) is 0 Å². The highest BCUT2D eigenvalue weighted by molar-refractivity contribution is 5.75. The highest BCUT2D eigenvalue weighted by atomic mass is 19.1. The summed E-state index contributed by atoms with van der Waals surface area (Å²) in [5, 5.41) is 7.18. The zero-order chi connectivity index (χ0) is 20.6. The van der Waals surface area contributed by atoms with E-state index in [1.54, 1.807) is 25.3 Å². The van der Waals surface area contributed by atoms with E-state index >= 15 is 0 Å². The summed E-state index contributed by atoms with van der Waals surface area (Å²) in [7, 11) is 1.60. The smallest absolute Gasteiger partial charge is 0.266 e. The van der Waals surface area contributed by atoms with E-state index in [-0.39, 0.29) is 23.7 Å². The molecule has 0 fully saturated rings. The number of halogens is 1. The number of methoxy groups -OCH3 is 1. The van der Waals surface area contributed by atoms with E-state index in [1.807, 2.05) is 24.3 Å². The van der Waals surface area contributed by atoms with E-state index in [1.165, 1.54) is 22.9 Å². The molecule has 0 saturated heterocycles. The van der Waals surface area contributed by atoms with Crippen LogP contribution in [-0.4, -0.2) is 22.8 Å². The Morgan fingerprint density at radius 1 is 1.07 bits per heavy atom. The molecular weight excluding hydrogens is 373 g/mol. The Morgan fingerprint density at radius 3 is 2.48 bits per heavy atom. The number of aromatic nitrogens is 2. The van der Waals surface area contributed by atoms with Crippen molar-refractivity contribution in [1.82, 2.24) is 15.1 Å². The standard InChI is InChI=1S/C22H22FN3O3/c1-29-19-10-6-17(7-11-19)20-12-13-22(28)26(25-20)14-2-3-21(27)24-15-16-4-8-18(23)9-5-16/h4-13H,2-3,14-15H2,1H3,(H,24,27). The van der Waals surface area contributed by atoms with Crippen LogP contribution >= 0.6 is 0 Å². The number of benzene rings is 2. The van der Waals surface area contributed by atoms with Crippen molar-refractivity contribution in [3.8, 4) is 17.0 Å². The minimum absolute atomic E-state index is 0.131. The van der Waals surface area contributed by atoms with Crippen LogP contribution in [0.25, 0.3) is 11.3 Å². The maximum absolute atomic E-state index is 12.9. The molecule has 1 amide bonds. The van der Waals surface area contributed by atoms with Crippen LogP contribution in [0.2, 0.25) is 0 Å². The third-order valence-corrected chi connectivity index (χ3v) is 4.43. The fraction of sp³-hybridized carbons (Fsp3) is 0.227. The van der Waals surface area contributed by atoms with Gasteiger partial charge in [-0.1, -0.05) is 12.1 Å². The second kappa shape index (κ2) is 9.64. The molecule has 7 heteroatoms. The van der Waals surface area contributed by atoms with Crippen LogP contribution in [0.5, 0.6) is 5.75 Å². The lowest BCUT2D eigenvalue weighted by Crippen LogP contribution is -2.25. The molecular formula is C22H22FN3O3. The fourth-order valence-electron chi connectivity index (χ4n) is 2.81. The van der Waals surface area contributed by atoms with Gasteiger partial charge in [-0.3, -0.25) is 9.59 Å². The lowest BCUT2D eigenvalue weighted by Gasteiger charge is -2.08. The van der Waals surface area contributed by atoms with Gasteiger partial charge in [0.15, 0.2) is 0 Å². The van der Waals surface area contributed by atoms with E-state index < -0.39 is 0 Å². The first-order valence-corrected chi connectivity index (χ1v) is 9.29. The number of hydrogen-bond donors (Lipinski definition) is 1. The number of amides is 1. The lowest BCUT2D eigenvalue weighted by atomic mass is 10.1. The Hall–Kier alpha value is -3.48. The van der Waals surface area contributed by atoms with Crippen molar-refractivity contribution >= 4 is 5.91 Å². The summed E-state index contributed by atoms with van der Waals surface area (Å²) in [5.41, 5.74) is 2.16. The average Bonchev–Trinajstić information content (AvgIpc) is 2.75. The van der Waals surface area contributed by atoms with Gasteiger partial charge in [-0.05, 0) is 54.4 Å². The van der Waals surface area contributed by atoms with Crippen LogP contribution < -0.4 is 15.6 Å². The Morgan fingerprint density at radius 2 is 1.79 bits per heavy atom. The summed E-state index contributed by atoms with van der Waals surface area (Å²) in [6.07, 6.45) is 0.746. The number of nitrogens with zero attached hydrogens (tertiary/aromatic N) is 2. The monoisotopic (exact) mass is 395 g/mol. The molecule has 3 aromatic rings. The lowest BCUT2D eigenvalue weighted by molar-refractivity contribution is -0.121. The molecule has 1 N–H and O–H groups in total. The topological polar surface area (TPSA) is 73.2 Å². The number of carbonyl (C=O) groups excluding carboxylic acids is 1. The number of nitrogens with one attached hydrogen (secondary N) is 1. The summed E-state index contributed by atoms with van der Waals surface area (Å²) >= 11 is 0. The van der Waals surface area contributed by atoms with Crippen molar-refractivity contribution < 1.29 is 13.9 Å². The van der Waals surface area contributed by atoms with Crippen LogP contribution in [-0.2, 0) is 17.9 Å².